The highest BCUT2D eigenvalue weighted by molar-refractivity contribution is 6.37. The third kappa shape index (κ3) is 2.91. The third-order valence-electron chi connectivity index (χ3n) is 6.69. The van der Waals surface area contributed by atoms with Crippen LogP contribution in [-0.2, 0) is 27.3 Å². The number of halogens is 1. The molecule has 0 heterocycles. The molecule has 1 saturated carbocycles. The van der Waals surface area contributed by atoms with Gasteiger partial charge in [0.25, 0.3) is 0 Å². The zero-order valence-electron chi connectivity index (χ0n) is 17.8. The molecule has 7 N–H and O–H groups in total. The van der Waals surface area contributed by atoms with E-state index in [1.165, 1.54) is 31.1 Å². The van der Waals surface area contributed by atoms with Crippen LogP contribution in [0.5, 0.6) is 11.5 Å². The number of hydrogen-bond acceptors (Lipinski definition) is 9. The van der Waals surface area contributed by atoms with E-state index in [0.29, 0.717) is 0 Å². The summed E-state index contributed by atoms with van der Waals surface area (Å²) in [5.41, 5.74) is 8.15. The summed E-state index contributed by atoms with van der Waals surface area (Å²) in [5, 5.41) is 33.3. The van der Waals surface area contributed by atoms with Crippen LogP contribution in [0.25, 0.3) is 10.8 Å². The smallest absolute Gasteiger partial charge is 0.235 e. The molecule has 2 unspecified atom stereocenters. The zero-order chi connectivity index (χ0) is 24.6. The van der Waals surface area contributed by atoms with E-state index in [-0.39, 0.29) is 39.9 Å². The Hall–Kier alpha value is -3.05. The Morgan fingerprint density at radius 2 is 1.85 bits per heavy atom. The number of primary amides is 1. The van der Waals surface area contributed by atoms with Crippen molar-refractivity contribution in [3.8, 4) is 11.5 Å². The highest BCUT2D eigenvalue weighted by Crippen LogP contribution is 2.49. The maximum Gasteiger partial charge on any atom is 0.235 e. The number of phenolic OH excluding ortho intramolecular Hbond substituents is 2. The number of carbonyl (C=O) groups is 4. The van der Waals surface area contributed by atoms with Crippen molar-refractivity contribution in [1.82, 2.24) is 4.90 Å². The number of hydrogen-bond donors (Lipinski definition) is 5. The van der Waals surface area contributed by atoms with Crippen molar-refractivity contribution in [3.63, 3.8) is 0 Å². The lowest BCUT2D eigenvalue weighted by Gasteiger charge is -2.48. The fourth-order valence-electron chi connectivity index (χ4n) is 5.16. The zero-order valence-corrected chi connectivity index (χ0v) is 18.5. The van der Waals surface area contributed by atoms with Crippen LogP contribution >= 0.6 is 11.6 Å². The van der Waals surface area contributed by atoms with Gasteiger partial charge in [-0.25, -0.2) is 0 Å². The number of aliphatic hydroxyl groups is 1. The van der Waals surface area contributed by atoms with Crippen LogP contribution in [-0.4, -0.2) is 69.2 Å². The topological polar surface area (TPSA) is 184 Å². The average molecular weight is 476 g/mol. The number of Topliss-reactive ketones (excluding diaryl/α,β-unsaturated/α-hetero) is 3. The minimum Gasteiger partial charge on any atom is -0.507 e. The second kappa shape index (κ2) is 7.49. The number of amides is 1. The van der Waals surface area contributed by atoms with Gasteiger partial charge in [0.15, 0.2) is 23.1 Å². The number of nitrogens with two attached hydrogens (primary N) is 2. The molecule has 2 aromatic rings. The molecule has 2 aliphatic carbocycles. The van der Waals surface area contributed by atoms with Crippen LogP contribution in [0.4, 0.5) is 0 Å². The Kier molecular flexibility index (Phi) is 5.25. The summed E-state index contributed by atoms with van der Waals surface area (Å²) in [7, 11) is 3.02. The van der Waals surface area contributed by atoms with Gasteiger partial charge in [0.2, 0.25) is 11.7 Å². The molecule has 4 atom stereocenters. The van der Waals surface area contributed by atoms with Crippen LogP contribution in [0.3, 0.4) is 0 Å². The summed E-state index contributed by atoms with van der Waals surface area (Å²) < 4.78 is 0. The van der Waals surface area contributed by atoms with Gasteiger partial charge in [-0.2, -0.15) is 0 Å². The highest BCUT2D eigenvalue weighted by Gasteiger charge is 2.66. The van der Waals surface area contributed by atoms with E-state index < -0.39 is 63.8 Å². The first-order chi connectivity index (χ1) is 15.4. The normalized spacial score (nSPS) is 27.1. The molecule has 0 spiro atoms. The quantitative estimate of drug-likeness (QED) is 0.369. The molecular formula is C22H22ClN3O7. The minimum atomic E-state index is -2.79. The molecule has 2 aliphatic rings. The lowest BCUT2D eigenvalue weighted by Crippen LogP contribution is -2.71. The molecule has 0 radical (unpaired) electrons. The van der Waals surface area contributed by atoms with Gasteiger partial charge < -0.3 is 26.8 Å². The van der Waals surface area contributed by atoms with Crippen LogP contribution in [0.15, 0.2) is 12.1 Å². The number of ketones is 3. The predicted molar refractivity (Wildman–Crippen MR) is 117 cm³/mol. The first kappa shape index (κ1) is 23.1. The average Bonchev–Trinajstić information content (AvgIpc) is 2.72. The first-order valence-electron chi connectivity index (χ1n) is 10.1. The summed E-state index contributed by atoms with van der Waals surface area (Å²) >= 11 is 6.33. The Balaban J connectivity index is 2.05. The Morgan fingerprint density at radius 1 is 1.21 bits per heavy atom. The summed E-state index contributed by atoms with van der Waals surface area (Å²) in [6.07, 6.45) is -0.164. The molecule has 33 heavy (non-hydrogen) atoms. The summed E-state index contributed by atoms with van der Waals surface area (Å²) in [5.74, 6) is -8.93. The second-order valence-corrected chi connectivity index (χ2v) is 9.08. The van der Waals surface area contributed by atoms with E-state index in [9.17, 15) is 34.5 Å². The molecule has 0 aromatic heterocycles. The van der Waals surface area contributed by atoms with E-state index in [0.717, 1.165) is 0 Å². The monoisotopic (exact) mass is 475 g/mol. The fraction of sp³-hybridized carbons (Fsp3) is 0.364. The van der Waals surface area contributed by atoms with Crippen LogP contribution in [0, 0.1) is 11.8 Å². The van der Waals surface area contributed by atoms with E-state index in [2.05, 4.69) is 0 Å². The van der Waals surface area contributed by atoms with Crippen molar-refractivity contribution in [2.75, 3.05) is 14.1 Å². The van der Waals surface area contributed by atoms with E-state index >= 15 is 0 Å². The van der Waals surface area contributed by atoms with Gasteiger partial charge in [0, 0.05) is 28.4 Å². The van der Waals surface area contributed by atoms with Crippen molar-refractivity contribution in [1.29, 1.82) is 0 Å². The number of benzene rings is 2. The number of carbonyl (C=O) groups excluding carboxylic acids is 4. The summed E-state index contributed by atoms with van der Waals surface area (Å²) in [6.45, 7) is -0.108. The van der Waals surface area contributed by atoms with Gasteiger partial charge in [-0.3, -0.25) is 24.1 Å². The summed E-state index contributed by atoms with van der Waals surface area (Å²) in [6, 6.07) is 1.72. The number of phenols is 2. The molecule has 1 amide bonds. The Labute approximate surface area is 192 Å². The molecule has 2 aromatic carbocycles. The SMILES string of the molecule is CN(C)C1C(=O)C(C(N)=O)C(=O)[C@@]2(O)C(=O)c3c(cc4c(Cl)cc(CN)c(O)c4c3O)C[C@@H]12. The highest BCUT2D eigenvalue weighted by atomic mass is 35.5. The third-order valence-corrected chi connectivity index (χ3v) is 7.00. The first-order valence-corrected chi connectivity index (χ1v) is 10.5. The molecular weight excluding hydrogens is 454 g/mol. The second-order valence-electron chi connectivity index (χ2n) is 8.67. The van der Waals surface area contributed by atoms with Crippen molar-refractivity contribution in [2.45, 2.75) is 24.6 Å². The maximum atomic E-state index is 13.6. The van der Waals surface area contributed by atoms with Gasteiger partial charge in [-0.15, -0.1) is 0 Å². The molecule has 10 nitrogen and oxygen atoms in total. The minimum absolute atomic E-state index is 0.108. The Morgan fingerprint density at radius 3 is 2.39 bits per heavy atom. The van der Waals surface area contributed by atoms with E-state index in [1.54, 1.807) is 0 Å². The molecule has 0 aliphatic heterocycles. The number of aromatic hydroxyl groups is 2. The van der Waals surface area contributed by atoms with Crippen molar-refractivity contribution in [2.24, 2.45) is 23.3 Å². The number of fused-ring (bicyclic) bond motifs is 3. The van der Waals surface area contributed by atoms with Gasteiger partial charge in [-0.05, 0) is 38.2 Å². The number of nitrogens with zero attached hydrogens (tertiary/aromatic N) is 1. The predicted octanol–water partition coefficient (Wildman–Crippen LogP) is -0.367. The van der Waals surface area contributed by atoms with Gasteiger partial charge in [-0.1, -0.05) is 11.6 Å². The lowest BCUT2D eigenvalue weighted by molar-refractivity contribution is -0.162. The Bertz CT molecular complexity index is 1270. The van der Waals surface area contributed by atoms with E-state index in [1.807, 2.05) is 0 Å². The van der Waals surface area contributed by atoms with Crippen molar-refractivity contribution in [3.05, 3.63) is 33.8 Å². The molecule has 1 fully saturated rings. The molecule has 174 valence electrons. The molecule has 4 rings (SSSR count). The summed E-state index contributed by atoms with van der Waals surface area (Å²) in [4.78, 5) is 53.1. The molecule has 0 saturated heterocycles. The number of rotatable bonds is 3. The van der Waals surface area contributed by atoms with Gasteiger partial charge in [0.05, 0.1) is 17.0 Å². The maximum absolute atomic E-state index is 13.6. The lowest BCUT2D eigenvalue weighted by atomic mass is 9.58. The largest absolute Gasteiger partial charge is 0.507 e. The van der Waals surface area contributed by atoms with Crippen LogP contribution in [0.2, 0.25) is 5.02 Å². The fourth-order valence-corrected chi connectivity index (χ4v) is 5.44. The van der Waals surface area contributed by atoms with Gasteiger partial charge >= 0.3 is 0 Å². The van der Waals surface area contributed by atoms with Crippen molar-refractivity contribution < 1.29 is 34.5 Å². The molecule has 11 heteroatoms. The number of likely N-dealkylation sites (N-methyl/N-ethyl adjacent to an activating group) is 1. The van der Waals surface area contributed by atoms with Gasteiger partial charge in [0.1, 0.15) is 11.5 Å². The molecule has 0 bridgehead atoms. The van der Waals surface area contributed by atoms with Crippen LogP contribution in [0.1, 0.15) is 21.5 Å². The van der Waals surface area contributed by atoms with E-state index in [4.69, 9.17) is 23.1 Å². The standard InChI is InChI=1S/C22H22ClN3O7/c1-26(2)15-10-4-7-3-9-11(23)5-8(6-24)16(27)13(9)17(28)12(7)19(30)22(10,33)20(31)14(18(15)29)21(25)32/h3,5,10,14-15,27-28,33H,4,6,24H2,1-2H3,(H2,25,32)/t10-,14?,15?,22-/m0/s1. The van der Waals surface area contributed by atoms with Crippen molar-refractivity contribution >= 4 is 45.6 Å². The van der Waals surface area contributed by atoms with Crippen LogP contribution < -0.4 is 11.5 Å².